The summed E-state index contributed by atoms with van der Waals surface area (Å²) in [6.07, 6.45) is 5.41. The van der Waals surface area contributed by atoms with Gasteiger partial charge in [-0.1, -0.05) is 30.3 Å². The zero-order chi connectivity index (χ0) is 19.8. The molecule has 4 heterocycles. The summed E-state index contributed by atoms with van der Waals surface area (Å²) in [5.74, 6) is 1.26. The van der Waals surface area contributed by atoms with Gasteiger partial charge in [0.1, 0.15) is 11.4 Å². The Hall–Kier alpha value is -2.31. The number of aromatic nitrogens is 2. The molecule has 0 saturated carbocycles. The molecule has 1 amide bonds. The zero-order valence-electron chi connectivity index (χ0n) is 16.9. The number of amides is 1. The van der Waals surface area contributed by atoms with Crippen molar-refractivity contribution in [2.75, 3.05) is 26.2 Å². The minimum absolute atomic E-state index is 0.129. The molecule has 1 aromatic carbocycles. The number of nitrogens with zero attached hydrogens (tertiary/aromatic N) is 3. The summed E-state index contributed by atoms with van der Waals surface area (Å²) in [7, 11) is 0. The van der Waals surface area contributed by atoms with Crippen molar-refractivity contribution in [3.63, 3.8) is 0 Å². The average Bonchev–Trinajstić information content (AvgIpc) is 3.25. The number of benzene rings is 1. The van der Waals surface area contributed by atoms with Gasteiger partial charge in [0.25, 0.3) is 0 Å². The third-order valence-corrected chi connectivity index (χ3v) is 6.76. The van der Waals surface area contributed by atoms with E-state index >= 15 is 0 Å². The van der Waals surface area contributed by atoms with Crippen molar-refractivity contribution < 1.29 is 9.53 Å². The summed E-state index contributed by atoms with van der Waals surface area (Å²) in [4.78, 5) is 24.5. The predicted molar refractivity (Wildman–Crippen MR) is 110 cm³/mol. The number of carbonyl (C=O) groups excluding carboxylic acids is 1. The maximum absolute atomic E-state index is 13.4. The predicted octanol–water partition coefficient (Wildman–Crippen LogP) is 2.32. The molecule has 3 aliphatic heterocycles. The number of nitrogens with one attached hydrogen (secondary N) is 1. The summed E-state index contributed by atoms with van der Waals surface area (Å²) >= 11 is 0. The zero-order valence-corrected chi connectivity index (χ0v) is 16.9. The summed E-state index contributed by atoms with van der Waals surface area (Å²) in [6, 6.07) is 10.3. The molecule has 152 valence electrons. The third kappa shape index (κ3) is 3.34. The second-order valence-corrected chi connectivity index (χ2v) is 8.45. The fraction of sp³-hybridized carbons (Fsp3) is 0.522. The van der Waals surface area contributed by atoms with Crippen LogP contribution in [0.1, 0.15) is 47.8 Å². The number of rotatable bonds is 2. The first-order chi connectivity index (χ1) is 14.2. The van der Waals surface area contributed by atoms with Crippen LogP contribution in [0, 0.1) is 6.92 Å². The van der Waals surface area contributed by atoms with E-state index in [4.69, 9.17) is 9.72 Å². The minimum Gasteiger partial charge on any atom is -0.368 e. The molecule has 2 atom stereocenters. The Balaban J connectivity index is 1.31. The number of ether oxygens (including phenoxy) is 1. The normalized spacial score (nSPS) is 25.8. The Morgan fingerprint density at radius 2 is 2.03 bits per heavy atom. The van der Waals surface area contributed by atoms with Crippen LogP contribution in [-0.2, 0) is 21.6 Å². The van der Waals surface area contributed by atoms with E-state index in [1.807, 2.05) is 24.1 Å². The van der Waals surface area contributed by atoms with Crippen molar-refractivity contribution in [2.45, 2.75) is 50.2 Å². The van der Waals surface area contributed by atoms with Crippen LogP contribution >= 0.6 is 0 Å². The fourth-order valence-electron chi connectivity index (χ4n) is 5.19. The SMILES string of the molecule is Cc1ncc2c(n1)C1(CCN(C(=O)[C@H]3NCC[C@@H]3c3ccccc3)CC1)OCC2. The second-order valence-electron chi connectivity index (χ2n) is 8.45. The first-order valence-electron chi connectivity index (χ1n) is 10.7. The lowest BCUT2D eigenvalue weighted by Gasteiger charge is -2.44. The molecule has 6 heteroatoms. The minimum atomic E-state index is -0.361. The van der Waals surface area contributed by atoms with E-state index in [1.54, 1.807) is 0 Å². The number of likely N-dealkylation sites (tertiary alicyclic amines) is 1. The number of fused-ring (bicyclic) bond motifs is 2. The van der Waals surface area contributed by atoms with E-state index in [0.717, 1.165) is 43.7 Å². The van der Waals surface area contributed by atoms with Crippen LogP contribution in [0.25, 0.3) is 0 Å². The summed E-state index contributed by atoms with van der Waals surface area (Å²) in [5, 5.41) is 3.45. The van der Waals surface area contributed by atoms with Crippen molar-refractivity contribution >= 4 is 5.91 Å². The van der Waals surface area contributed by atoms with E-state index in [0.29, 0.717) is 19.7 Å². The van der Waals surface area contributed by atoms with E-state index in [1.165, 1.54) is 11.1 Å². The third-order valence-electron chi connectivity index (χ3n) is 6.76. The monoisotopic (exact) mass is 392 g/mol. The van der Waals surface area contributed by atoms with Crippen molar-refractivity contribution in [3.05, 3.63) is 59.2 Å². The Morgan fingerprint density at radius 1 is 1.24 bits per heavy atom. The first kappa shape index (κ1) is 18.7. The second kappa shape index (κ2) is 7.50. The van der Waals surface area contributed by atoms with Gasteiger partial charge >= 0.3 is 0 Å². The highest BCUT2D eigenvalue weighted by atomic mass is 16.5. The van der Waals surface area contributed by atoms with Gasteiger partial charge in [-0.2, -0.15) is 0 Å². The maximum Gasteiger partial charge on any atom is 0.240 e. The lowest BCUT2D eigenvalue weighted by molar-refractivity contribution is -0.143. The largest absolute Gasteiger partial charge is 0.368 e. The van der Waals surface area contributed by atoms with E-state index in [2.05, 4.69) is 34.6 Å². The molecular weight excluding hydrogens is 364 g/mol. The van der Waals surface area contributed by atoms with Gasteiger partial charge in [0.2, 0.25) is 5.91 Å². The van der Waals surface area contributed by atoms with Gasteiger partial charge in [-0.25, -0.2) is 9.97 Å². The Kier molecular flexibility index (Phi) is 4.84. The van der Waals surface area contributed by atoms with Crippen LogP contribution in [0.4, 0.5) is 0 Å². The molecule has 0 aliphatic carbocycles. The van der Waals surface area contributed by atoms with Crippen molar-refractivity contribution in [1.29, 1.82) is 0 Å². The fourth-order valence-corrected chi connectivity index (χ4v) is 5.19. The van der Waals surface area contributed by atoms with Gasteiger partial charge < -0.3 is 15.0 Å². The number of hydrogen-bond donors (Lipinski definition) is 1. The van der Waals surface area contributed by atoms with E-state index < -0.39 is 0 Å². The van der Waals surface area contributed by atoms with Crippen molar-refractivity contribution in [3.8, 4) is 0 Å². The topological polar surface area (TPSA) is 67.4 Å². The molecule has 2 saturated heterocycles. The molecule has 0 unspecified atom stereocenters. The molecule has 2 aromatic rings. The van der Waals surface area contributed by atoms with Crippen LogP contribution in [0.15, 0.2) is 36.5 Å². The van der Waals surface area contributed by atoms with Gasteiger partial charge in [0, 0.05) is 25.2 Å². The van der Waals surface area contributed by atoms with Gasteiger partial charge in [0.05, 0.1) is 18.3 Å². The molecule has 3 aliphatic rings. The van der Waals surface area contributed by atoms with Gasteiger partial charge in [-0.3, -0.25) is 4.79 Å². The van der Waals surface area contributed by atoms with Gasteiger partial charge in [-0.05, 0) is 50.3 Å². The number of piperidine rings is 1. The Morgan fingerprint density at radius 3 is 2.83 bits per heavy atom. The van der Waals surface area contributed by atoms with Crippen molar-refractivity contribution in [1.82, 2.24) is 20.2 Å². The smallest absolute Gasteiger partial charge is 0.240 e. The molecule has 1 aromatic heterocycles. The standard InChI is InChI=1S/C23H28N4O2/c1-16-25-15-18-8-14-29-23(21(18)26-16)9-12-27(13-10-23)22(28)20-19(7-11-24-20)17-5-3-2-4-6-17/h2-6,15,19-20,24H,7-14H2,1H3/t19-,20+/m1/s1. The van der Waals surface area contributed by atoms with Crippen LogP contribution in [0.5, 0.6) is 0 Å². The van der Waals surface area contributed by atoms with Crippen LogP contribution in [0.2, 0.25) is 0 Å². The highest BCUT2D eigenvalue weighted by Gasteiger charge is 2.45. The molecule has 2 fully saturated rings. The molecular formula is C23H28N4O2. The lowest BCUT2D eigenvalue weighted by atomic mass is 9.82. The summed E-state index contributed by atoms with van der Waals surface area (Å²) in [6.45, 7) is 4.94. The van der Waals surface area contributed by atoms with Crippen LogP contribution in [-0.4, -0.2) is 53.1 Å². The number of aryl methyl sites for hydroxylation is 1. The van der Waals surface area contributed by atoms with Crippen LogP contribution in [0.3, 0.4) is 0 Å². The molecule has 0 bridgehead atoms. The van der Waals surface area contributed by atoms with Gasteiger partial charge in [0.15, 0.2) is 0 Å². The lowest BCUT2D eigenvalue weighted by Crippen LogP contribution is -2.53. The quantitative estimate of drug-likeness (QED) is 0.850. The van der Waals surface area contributed by atoms with E-state index in [-0.39, 0.29) is 23.5 Å². The molecule has 1 N–H and O–H groups in total. The Bertz CT molecular complexity index is 893. The van der Waals surface area contributed by atoms with E-state index in [9.17, 15) is 4.79 Å². The molecule has 0 radical (unpaired) electrons. The first-order valence-corrected chi connectivity index (χ1v) is 10.7. The maximum atomic E-state index is 13.4. The molecule has 29 heavy (non-hydrogen) atoms. The molecule has 6 nitrogen and oxygen atoms in total. The number of hydrogen-bond acceptors (Lipinski definition) is 5. The molecule has 1 spiro atoms. The van der Waals surface area contributed by atoms with Crippen molar-refractivity contribution in [2.24, 2.45) is 0 Å². The molecule has 5 rings (SSSR count). The summed E-state index contributed by atoms with van der Waals surface area (Å²) in [5.41, 5.74) is 3.13. The number of carbonyl (C=O) groups is 1. The highest BCUT2D eigenvalue weighted by molar-refractivity contribution is 5.83. The van der Waals surface area contributed by atoms with Gasteiger partial charge in [-0.15, -0.1) is 0 Å². The Labute approximate surface area is 171 Å². The summed E-state index contributed by atoms with van der Waals surface area (Å²) < 4.78 is 6.29. The van der Waals surface area contributed by atoms with Crippen LogP contribution < -0.4 is 5.32 Å². The highest BCUT2D eigenvalue weighted by Crippen LogP contribution is 2.41. The average molecular weight is 393 g/mol.